The summed E-state index contributed by atoms with van der Waals surface area (Å²) in [5.41, 5.74) is 1.34. The molecule has 0 saturated carbocycles. The highest BCUT2D eigenvalue weighted by atomic mass is 32.2. The highest BCUT2D eigenvalue weighted by molar-refractivity contribution is 7.89. The monoisotopic (exact) mass is 728 g/mol. The van der Waals surface area contributed by atoms with Gasteiger partial charge in [-0.25, -0.2) is 27.2 Å². The van der Waals surface area contributed by atoms with Crippen LogP contribution in [0.4, 0.5) is 8.78 Å². The number of aromatic amines is 1. The van der Waals surface area contributed by atoms with E-state index >= 15 is 8.78 Å². The number of imidazole rings is 1. The topological polar surface area (TPSA) is 176 Å². The summed E-state index contributed by atoms with van der Waals surface area (Å²) in [6.45, 7) is 4.29. The first kappa shape index (κ1) is 36.0. The van der Waals surface area contributed by atoms with Gasteiger partial charge in [0.1, 0.15) is 28.8 Å². The Morgan fingerprint density at radius 3 is 2.40 bits per heavy atom. The van der Waals surface area contributed by atoms with E-state index in [0.29, 0.717) is 28.7 Å². The minimum absolute atomic E-state index is 0.0738. The van der Waals surface area contributed by atoms with Gasteiger partial charge in [0.15, 0.2) is 11.5 Å². The number of aromatic nitrogens is 4. The van der Waals surface area contributed by atoms with Crippen molar-refractivity contribution in [2.45, 2.75) is 51.1 Å². The number of rotatable bonds is 12. The van der Waals surface area contributed by atoms with E-state index in [1.54, 1.807) is 51.2 Å². The zero-order valence-corrected chi connectivity index (χ0v) is 29.1. The molecule has 268 valence electrons. The number of hydrogen-bond acceptors (Lipinski definition) is 7. The molecule has 0 aliphatic rings. The first-order valence-electron chi connectivity index (χ1n) is 16.2. The summed E-state index contributed by atoms with van der Waals surface area (Å²) >= 11 is 0. The molecule has 52 heavy (non-hydrogen) atoms. The number of nitrogens with one attached hydrogen (secondary N) is 3. The maximum absolute atomic E-state index is 16.4. The van der Waals surface area contributed by atoms with Crippen LogP contribution in [0.15, 0.2) is 82.7 Å². The zero-order valence-electron chi connectivity index (χ0n) is 28.3. The Morgan fingerprint density at radius 1 is 1.02 bits per heavy atom. The number of nitrogens with zero attached hydrogens (tertiary/aromatic N) is 3. The number of aryl methyl sites for hydroxylation is 5. The quantitative estimate of drug-likeness (QED) is 0.143. The number of benzene rings is 3. The maximum Gasteiger partial charge on any atom is 0.323 e. The van der Waals surface area contributed by atoms with E-state index in [9.17, 15) is 27.9 Å². The summed E-state index contributed by atoms with van der Waals surface area (Å²) in [6, 6.07) is 14.9. The van der Waals surface area contributed by atoms with Gasteiger partial charge in [-0.2, -0.15) is 4.72 Å². The number of pyridine rings is 2. The fourth-order valence-corrected chi connectivity index (χ4v) is 8.01. The van der Waals surface area contributed by atoms with Crippen LogP contribution >= 0.6 is 0 Å². The number of carbonyl (C=O) groups is 2. The summed E-state index contributed by atoms with van der Waals surface area (Å²) in [6.07, 6.45) is 2.75. The van der Waals surface area contributed by atoms with E-state index in [-0.39, 0.29) is 34.8 Å². The highest BCUT2D eigenvalue weighted by Gasteiger charge is 2.29. The first-order chi connectivity index (χ1) is 24.7. The molecule has 1 atom stereocenters. The average molecular weight is 729 g/mol. The molecule has 0 fully saturated rings. The largest absolute Gasteiger partial charge is 0.480 e. The van der Waals surface area contributed by atoms with Crippen LogP contribution in [0.2, 0.25) is 0 Å². The summed E-state index contributed by atoms with van der Waals surface area (Å²) in [4.78, 5) is 50.8. The Kier molecular flexibility index (Phi) is 10.00. The van der Waals surface area contributed by atoms with Gasteiger partial charge in [0, 0.05) is 37.5 Å². The second-order valence-electron chi connectivity index (χ2n) is 12.5. The number of carboxylic acids is 1. The Labute approximate surface area is 296 Å². The Balaban J connectivity index is 1.34. The molecule has 0 spiro atoms. The molecule has 3 aromatic heterocycles. The fraction of sp³-hybridized carbons (Fsp3) is 0.216. The van der Waals surface area contributed by atoms with E-state index in [1.807, 2.05) is 30.3 Å². The number of hydrogen-bond donors (Lipinski definition) is 4. The fourth-order valence-electron chi connectivity index (χ4n) is 6.37. The first-order valence-corrected chi connectivity index (χ1v) is 17.7. The lowest BCUT2D eigenvalue weighted by Gasteiger charge is -2.19. The van der Waals surface area contributed by atoms with E-state index in [4.69, 9.17) is 0 Å². The van der Waals surface area contributed by atoms with Crippen LogP contribution in [0, 0.1) is 32.4 Å². The van der Waals surface area contributed by atoms with Gasteiger partial charge in [0.25, 0.3) is 5.91 Å². The third-order valence-electron chi connectivity index (χ3n) is 8.66. The molecule has 0 radical (unpaired) electrons. The number of halogens is 2. The molecule has 0 aliphatic carbocycles. The predicted molar refractivity (Wildman–Crippen MR) is 190 cm³/mol. The molecular weight excluding hydrogens is 695 g/mol. The number of sulfonamides is 1. The molecule has 12 nitrogen and oxygen atoms in total. The number of amides is 1. The smallest absolute Gasteiger partial charge is 0.323 e. The third-order valence-corrected chi connectivity index (χ3v) is 10.4. The molecule has 1 unspecified atom stereocenters. The Morgan fingerprint density at radius 2 is 1.73 bits per heavy atom. The van der Waals surface area contributed by atoms with Crippen molar-refractivity contribution in [2.24, 2.45) is 0 Å². The lowest BCUT2D eigenvalue weighted by molar-refractivity contribution is -0.138. The molecule has 4 N–H and O–H groups in total. The summed E-state index contributed by atoms with van der Waals surface area (Å²) < 4.78 is 62.1. The molecule has 0 saturated heterocycles. The average Bonchev–Trinajstić information content (AvgIpc) is 3.50. The Bertz CT molecular complexity index is 2480. The van der Waals surface area contributed by atoms with Gasteiger partial charge in [0.2, 0.25) is 15.5 Å². The standard InChI is InChI=1S/C37H34F2N6O6S/c1-20-14-21(2)34(22(3)15-20)52(50,51)44-29(37(48)49)18-41-36(47)26-19-45(13-11-23-8-5-4-6-9-23)32-25(33(26)46)16-27(38)24(31(32)39)17-30-42-28-10-7-12-40-35(28)43-30/h4-10,12,14-16,19,29,44H,11,13,17-18H2,1-3H3,(H,41,47)(H,48,49)(H,40,42,43). The van der Waals surface area contributed by atoms with Gasteiger partial charge >= 0.3 is 5.97 Å². The second-order valence-corrected chi connectivity index (χ2v) is 14.2. The summed E-state index contributed by atoms with van der Waals surface area (Å²) in [5, 5.41) is 11.8. The van der Waals surface area contributed by atoms with E-state index < -0.39 is 62.5 Å². The van der Waals surface area contributed by atoms with Crippen LogP contribution < -0.4 is 15.5 Å². The normalized spacial score (nSPS) is 12.3. The van der Waals surface area contributed by atoms with Crippen molar-refractivity contribution >= 4 is 44.0 Å². The van der Waals surface area contributed by atoms with Gasteiger partial charge in [-0.3, -0.25) is 14.4 Å². The van der Waals surface area contributed by atoms with Crippen molar-refractivity contribution in [1.82, 2.24) is 29.6 Å². The highest BCUT2D eigenvalue weighted by Crippen LogP contribution is 2.26. The molecule has 15 heteroatoms. The van der Waals surface area contributed by atoms with Crippen LogP contribution in [-0.2, 0) is 34.2 Å². The molecule has 6 rings (SSSR count). The lowest BCUT2D eigenvalue weighted by atomic mass is 10.0. The summed E-state index contributed by atoms with van der Waals surface area (Å²) in [7, 11) is -4.36. The Hall–Kier alpha value is -5.80. The molecule has 3 aromatic carbocycles. The van der Waals surface area contributed by atoms with Crippen molar-refractivity contribution in [3.8, 4) is 0 Å². The van der Waals surface area contributed by atoms with Crippen LogP contribution in [0.5, 0.6) is 0 Å². The van der Waals surface area contributed by atoms with E-state index in [0.717, 1.165) is 23.4 Å². The molecule has 6 aromatic rings. The van der Waals surface area contributed by atoms with Gasteiger partial charge in [-0.15, -0.1) is 0 Å². The number of carbonyl (C=O) groups excluding carboxylic acids is 1. The maximum atomic E-state index is 16.4. The number of aliphatic carboxylic acids is 1. The van der Waals surface area contributed by atoms with Crippen LogP contribution in [-0.4, -0.2) is 57.5 Å². The van der Waals surface area contributed by atoms with Crippen LogP contribution in [0.25, 0.3) is 22.1 Å². The van der Waals surface area contributed by atoms with Crippen molar-refractivity contribution < 1.29 is 31.9 Å². The molecule has 0 bridgehead atoms. The number of fused-ring (bicyclic) bond motifs is 2. The van der Waals surface area contributed by atoms with E-state index in [1.165, 1.54) is 4.57 Å². The second kappa shape index (κ2) is 14.4. The third kappa shape index (κ3) is 7.31. The molecule has 3 heterocycles. The molecular formula is C37H34F2N6O6S. The van der Waals surface area contributed by atoms with Crippen LogP contribution in [0.3, 0.4) is 0 Å². The predicted octanol–water partition coefficient (Wildman–Crippen LogP) is 4.47. The SMILES string of the molecule is Cc1cc(C)c(S(=O)(=O)NC(CNC(=O)c2cn(CCc3ccccc3)c3c(F)c(Cc4nc5cccnc5[nH]4)c(F)cc3c2=O)C(=O)O)c(C)c1. The van der Waals surface area contributed by atoms with Crippen LogP contribution in [0.1, 0.15) is 44.0 Å². The van der Waals surface area contributed by atoms with E-state index in [2.05, 4.69) is 25.0 Å². The zero-order chi connectivity index (χ0) is 37.3. The van der Waals surface area contributed by atoms with Crippen molar-refractivity contribution in [2.75, 3.05) is 6.54 Å². The molecule has 1 amide bonds. The summed E-state index contributed by atoms with van der Waals surface area (Å²) in [5.74, 6) is -4.45. The van der Waals surface area contributed by atoms with Gasteiger partial charge in [0.05, 0.1) is 15.8 Å². The number of H-pyrrole nitrogens is 1. The van der Waals surface area contributed by atoms with Crippen molar-refractivity contribution in [3.63, 3.8) is 0 Å². The van der Waals surface area contributed by atoms with Gasteiger partial charge < -0.3 is 20.0 Å². The van der Waals surface area contributed by atoms with Crippen molar-refractivity contribution in [3.05, 3.63) is 134 Å². The van der Waals surface area contributed by atoms with Gasteiger partial charge in [-0.05, 0) is 62.1 Å². The van der Waals surface area contributed by atoms with Gasteiger partial charge in [-0.1, -0.05) is 48.0 Å². The van der Waals surface area contributed by atoms with Crippen molar-refractivity contribution in [1.29, 1.82) is 0 Å². The molecule has 0 aliphatic heterocycles. The minimum Gasteiger partial charge on any atom is -0.480 e. The minimum atomic E-state index is -4.36. The lowest BCUT2D eigenvalue weighted by Crippen LogP contribution is -2.49. The number of carboxylic acid groups (broad SMARTS) is 1.